The highest BCUT2D eigenvalue weighted by molar-refractivity contribution is 5.75. The molecule has 0 aliphatic carbocycles. The monoisotopic (exact) mass is 250 g/mol. The second kappa shape index (κ2) is 5.73. The van der Waals surface area contributed by atoms with E-state index in [4.69, 9.17) is 15.3 Å². The molecule has 0 spiro atoms. The molecule has 0 saturated heterocycles. The number of hydrazine groups is 1. The summed E-state index contributed by atoms with van der Waals surface area (Å²) in [4.78, 5) is 11.0. The van der Waals surface area contributed by atoms with Crippen molar-refractivity contribution in [3.63, 3.8) is 0 Å². The Morgan fingerprint density at radius 3 is 2.78 bits per heavy atom. The van der Waals surface area contributed by atoms with Crippen LogP contribution in [0, 0.1) is 6.92 Å². The minimum Gasteiger partial charge on any atom is -0.454 e. The third-order valence-electron chi connectivity index (χ3n) is 3.09. The molecule has 1 heterocycles. The molecule has 1 amide bonds. The molecule has 18 heavy (non-hydrogen) atoms. The van der Waals surface area contributed by atoms with Crippen LogP contribution in [0.4, 0.5) is 0 Å². The summed E-state index contributed by atoms with van der Waals surface area (Å²) in [6, 6.07) is 4.03. The first-order valence-corrected chi connectivity index (χ1v) is 6.09. The molecule has 5 heteroatoms. The van der Waals surface area contributed by atoms with E-state index in [0.29, 0.717) is 13.2 Å². The van der Waals surface area contributed by atoms with Crippen LogP contribution in [0.3, 0.4) is 0 Å². The second-order valence-electron chi connectivity index (χ2n) is 4.41. The predicted molar refractivity (Wildman–Crippen MR) is 67.2 cm³/mol. The fraction of sp³-hybridized carbons (Fsp3) is 0.462. The lowest BCUT2D eigenvalue weighted by molar-refractivity contribution is -0.121. The zero-order chi connectivity index (χ0) is 13.0. The van der Waals surface area contributed by atoms with E-state index in [1.807, 2.05) is 12.1 Å². The van der Waals surface area contributed by atoms with Gasteiger partial charge in [0.05, 0.1) is 0 Å². The van der Waals surface area contributed by atoms with Crippen LogP contribution in [-0.4, -0.2) is 12.7 Å². The van der Waals surface area contributed by atoms with Gasteiger partial charge in [-0.05, 0) is 49.4 Å². The molecule has 0 saturated carbocycles. The van der Waals surface area contributed by atoms with Crippen molar-refractivity contribution in [1.29, 1.82) is 0 Å². The summed E-state index contributed by atoms with van der Waals surface area (Å²) in [5.74, 6) is 6.54. The van der Waals surface area contributed by atoms with E-state index in [0.717, 1.165) is 30.8 Å². The van der Waals surface area contributed by atoms with Crippen LogP contribution in [0.15, 0.2) is 12.1 Å². The molecule has 1 aromatic carbocycles. The zero-order valence-corrected chi connectivity index (χ0v) is 10.5. The van der Waals surface area contributed by atoms with Gasteiger partial charge >= 0.3 is 0 Å². The Labute approximate surface area is 106 Å². The second-order valence-corrected chi connectivity index (χ2v) is 4.41. The fourth-order valence-corrected chi connectivity index (χ4v) is 2.03. The molecule has 0 fully saturated rings. The molecule has 0 atom stereocenters. The van der Waals surface area contributed by atoms with Crippen molar-refractivity contribution in [3.05, 3.63) is 23.3 Å². The number of benzene rings is 1. The van der Waals surface area contributed by atoms with Crippen LogP contribution in [-0.2, 0) is 11.2 Å². The quantitative estimate of drug-likeness (QED) is 0.359. The Hall–Kier alpha value is -1.75. The number of carbonyl (C=O) groups is 1. The topological polar surface area (TPSA) is 73.6 Å². The Bertz CT molecular complexity index is 446. The summed E-state index contributed by atoms with van der Waals surface area (Å²) < 4.78 is 10.7. The number of hydrogen-bond donors (Lipinski definition) is 2. The van der Waals surface area contributed by atoms with E-state index in [1.54, 1.807) is 0 Å². The molecule has 1 aromatic rings. The van der Waals surface area contributed by atoms with E-state index in [9.17, 15) is 4.79 Å². The van der Waals surface area contributed by atoms with Crippen molar-refractivity contribution >= 4 is 5.91 Å². The molecule has 3 N–H and O–H groups in total. The van der Waals surface area contributed by atoms with Crippen LogP contribution >= 0.6 is 0 Å². The molecule has 0 aromatic heterocycles. The number of ether oxygens (including phenoxy) is 2. The number of amides is 1. The molecule has 1 aliphatic rings. The predicted octanol–water partition coefficient (Wildman–Crippen LogP) is 1.43. The number of nitrogens with one attached hydrogen (secondary N) is 1. The highest BCUT2D eigenvalue weighted by Gasteiger charge is 2.15. The molecular weight excluding hydrogens is 232 g/mol. The zero-order valence-electron chi connectivity index (χ0n) is 10.5. The van der Waals surface area contributed by atoms with Crippen molar-refractivity contribution in [1.82, 2.24) is 5.43 Å². The molecule has 0 bridgehead atoms. The minimum atomic E-state index is -0.114. The third-order valence-corrected chi connectivity index (χ3v) is 3.09. The van der Waals surface area contributed by atoms with Crippen molar-refractivity contribution in [2.24, 2.45) is 5.84 Å². The van der Waals surface area contributed by atoms with E-state index in [1.165, 1.54) is 11.1 Å². The Kier molecular flexibility index (Phi) is 4.04. The summed E-state index contributed by atoms with van der Waals surface area (Å²) >= 11 is 0. The molecular formula is C13H18N2O3. The largest absolute Gasteiger partial charge is 0.454 e. The average Bonchev–Trinajstić information content (AvgIpc) is 2.81. The summed E-state index contributed by atoms with van der Waals surface area (Å²) in [5, 5.41) is 0. The maximum absolute atomic E-state index is 11.0. The van der Waals surface area contributed by atoms with Crippen LogP contribution in [0.2, 0.25) is 0 Å². The van der Waals surface area contributed by atoms with E-state index in [-0.39, 0.29) is 5.91 Å². The molecule has 0 radical (unpaired) electrons. The standard InChI is InChI=1S/C13H18N2O3/c1-9-6-11-12(18-8-17-11)7-10(9)4-2-3-5-13(16)15-14/h6-7H,2-5,8,14H2,1H3,(H,15,16). The van der Waals surface area contributed by atoms with Gasteiger partial charge in [0, 0.05) is 6.42 Å². The van der Waals surface area contributed by atoms with Crippen molar-refractivity contribution in [2.75, 3.05) is 6.79 Å². The molecule has 2 rings (SSSR count). The van der Waals surface area contributed by atoms with Gasteiger partial charge in [0.2, 0.25) is 12.7 Å². The van der Waals surface area contributed by atoms with Gasteiger partial charge in [-0.2, -0.15) is 0 Å². The lowest BCUT2D eigenvalue weighted by Gasteiger charge is -2.07. The lowest BCUT2D eigenvalue weighted by atomic mass is 10.0. The SMILES string of the molecule is Cc1cc2c(cc1CCCCC(=O)NN)OCO2. The molecule has 0 unspecified atom stereocenters. The van der Waals surface area contributed by atoms with Crippen molar-refractivity contribution in [2.45, 2.75) is 32.6 Å². The summed E-state index contributed by atoms with van der Waals surface area (Å²) in [6.45, 7) is 2.36. The normalized spacial score (nSPS) is 12.6. The number of fused-ring (bicyclic) bond motifs is 1. The number of rotatable bonds is 5. The first-order valence-electron chi connectivity index (χ1n) is 6.09. The number of nitrogens with two attached hydrogens (primary N) is 1. The Balaban J connectivity index is 1.88. The van der Waals surface area contributed by atoms with E-state index in [2.05, 4.69) is 12.3 Å². The average molecular weight is 250 g/mol. The van der Waals surface area contributed by atoms with Gasteiger partial charge in [0.15, 0.2) is 11.5 Å². The Morgan fingerprint density at radius 1 is 1.33 bits per heavy atom. The van der Waals surface area contributed by atoms with Gasteiger partial charge in [-0.25, -0.2) is 5.84 Å². The number of aryl methyl sites for hydroxylation is 2. The van der Waals surface area contributed by atoms with Crippen LogP contribution in [0.1, 0.15) is 30.4 Å². The van der Waals surface area contributed by atoms with Crippen molar-refractivity contribution < 1.29 is 14.3 Å². The van der Waals surface area contributed by atoms with Crippen LogP contribution < -0.4 is 20.7 Å². The minimum absolute atomic E-state index is 0.114. The van der Waals surface area contributed by atoms with Crippen LogP contribution in [0.5, 0.6) is 11.5 Å². The molecule has 1 aliphatic heterocycles. The molecule has 5 nitrogen and oxygen atoms in total. The van der Waals surface area contributed by atoms with Gasteiger partial charge in [0.25, 0.3) is 0 Å². The maximum Gasteiger partial charge on any atom is 0.233 e. The number of hydrogen-bond acceptors (Lipinski definition) is 4. The lowest BCUT2D eigenvalue weighted by Crippen LogP contribution is -2.29. The van der Waals surface area contributed by atoms with Gasteiger partial charge in [-0.1, -0.05) is 0 Å². The smallest absolute Gasteiger partial charge is 0.233 e. The number of unbranched alkanes of at least 4 members (excludes halogenated alkanes) is 1. The molecule has 98 valence electrons. The first-order chi connectivity index (χ1) is 8.70. The highest BCUT2D eigenvalue weighted by atomic mass is 16.7. The van der Waals surface area contributed by atoms with Gasteiger partial charge < -0.3 is 9.47 Å². The van der Waals surface area contributed by atoms with Crippen molar-refractivity contribution in [3.8, 4) is 11.5 Å². The van der Waals surface area contributed by atoms with Gasteiger partial charge in [-0.15, -0.1) is 0 Å². The fourth-order valence-electron chi connectivity index (χ4n) is 2.03. The van der Waals surface area contributed by atoms with Gasteiger partial charge in [-0.3, -0.25) is 10.2 Å². The van der Waals surface area contributed by atoms with E-state index < -0.39 is 0 Å². The van der Waals surface area contributed by atoms with Crippen LogP contribution in [0.25, 0.3) is 0 Å². The highest BCUT2D eigenvalue weighted by Crippen LogP contribution is 2.35. The van der Waals surface area contributed by atoms with E-state index >= 15 is 0 Å². The number of carbonyl (C=O) groups excluding carboxylic acids is 1. The maximum atomic E-state index is 11.0. The summed E-state index contributed by atoms with van der Waals surface area (Å²) in [5.41, 5.74) is 4.57. The summed E-state index contributed by atoms with van der Waals surface area (Å²) in [7, 11) is 0. The van der Waals surface area contributed by atoms with Gasteiger partial charge in [0.1, 0.15) is 0 Å². The third kappa shape index (κ3) is 2.92. The summed E-state index contributed by atoms with van der Waals surface area (Å²) in [6.07, 6.45) is 3.19. The first kappa shape index (κ1) is 12.7. The Morgan fingerprint density at radius 2 is 2.06 bits per heavy atom.